The number of fused-ring (bicyclic) bond motifs is 1. The highest BCUT2D eigenvalue weighted by molar-refractivity contribution is 9.11. The maximum atomic E-state index is 6.35. The molecule has 94 valence electrons. The third-order valence-corrected chi connectivity index (χ3v) is 4.97. The van der Waals surface area contributed by atoms with Gasteiger partial charge in [-0.3, -0.25) is 0 Å². The first-order valence-corrected chi connectivity index (χ1v) is 7.56. The summed E-state index contributed by atoms with van der Waals surface area (Å²) in [4.78, 5) is 1.32. The summed E-state index contributed by atoms with van der Waals surface area (Å²) in [6, 6.07) is 12.5. The molecule has 1 aliphatic rings. The Hall–Kier alpha value is -0.840. The van der Waals surface area contributed by atoms with Gasteiger partial charge in [-0.25, -0.2) is 0 Å². The van der Waals surface area contributed by atoms with E-state index in [4.69, 9.17) is 10.5 Å². The zero-order valence-electron chi connectivity index (χ0n) is 9.80. The highest BCUT2D eigenvalue weighted by atomic mass is 79.9. The number of hydrogen-bond donors (Lipinski definition) is 1. The number of hydrogen-bond acceptors (Lipinski definition) is 3. The van der Waals surface area contributed by atoms with Crippen LogP contribution in [0.1, 0.15) is 16.4 Å². The summed E-state index contributed by atoms with van der Waals surface area (Å²) in [5.41, 5.74) is 7.60. The fourth-order valence-electron chi connectivity index (χ4n) is 2.38. The van der Waals surface area contributed by atoms with E-state index in [0.29, 0.717) is 12.5 Å². The molecule has 0 aliphatic carbocycles. The molecule has 2 heterocycles. The molecule has 3 rings (SSSR count). The van der Waals surface area contributed by atoms with Gasteiger partial charge in [0.25, 0.3) is 0 Å². The predicted molar refractivity (Wildman–Crippen MR) is 78.4 cm³/mol. The van der Waals surface area contributed by atoms with Gasteiger partial charge >= 0.3 is 0 Å². The Balaban J connectivity index is 1.76. The van der Waals surface area contributed by atoms with E-state index in [-0.39, 0.29) is 6.04 Å². The van der Waals surface area contributed by atoms with E-state index < -0.39 is 0 Å². The van der Waals surface area contributed by atoms with Crippen LogP contribution in [0.4, 0.5) is 0 Å². The minimum absolute atomic E-state index is 0.110. The lowest BCUT2D eigenvalue weighted by Crippen LogP contribution is -2.31. The second-order valence-corrected chi connectivity index (χ2v) is 7.08. The average molecular weight is 324 g/mol. The first kappa shape index (κ1) is 12.2. The van der Waals surface area contributed by atoms with Crippen LogP contribution < -0.4 is 10.5 Å². The largest absolute Gasteiger partial charge is 0.493 e. The van der Waals surface area contributed by atoms with E-state index in [1.807, 2.05) is 12.1 Å². The molecule has 1 aromatic carbocycles. The number of thiophene rings is 1. The molecule has 0 saturated heterocycles. The Labute approximate surface area is 119 Å². The summed E-state index contributed by atoms with van der Waals surface area (Å²) >= 11 is 5.24. The van der Waals surface area contributed by atoms with Gasteiger partial charge in [-0.05, 0) is 40.5 Å². The molecule has 0 saturated carbocycles. The van der Waals surface area contributed by atoms with Crippen molar-refractivity contribution in [3.63, 3.8) is 0 Å². The van der Waals surface area contributed by atoms with Crippen molar-refractivity contribution < 1.29 is 4.74 Å². The summed E-state index contributed by atoms with van der Waals surface area (Å²) in [6.45, 7) is 0.701. The van der Waals surface area contributed by atoms with Crippen LogP contribution in [-0.2, 0) is 6.42 Å². The smallest absolute Gasteiger partial charge is 0.122 e. The molecule has 2 unspecified atom stereocenters. The van der Waals surface area contributed by atoms with E-state index in [1.165, 1.54) is 10.4 Å². The van der Waals surface area contributed by atoms with Crippen molar-refractivity contribution in [3.8, 4) is 5.75 Å². The third-order valence-electron chi connectivity index (χ3n) is 3.32. The highest BCUT2D eigenvalue weighted by Gasteiger charge is 2.29. The summed E-state index contributed by atoms with van der Waals surface area (Å²) < 4.78 is 6.85. The van der Waals surface area contributed by atoms with E-state index in [1.54, 1.807) is 11.3 Å². The monoisotopic (exact) mass is 323 g/mol. The van der Waals surface area contributed by atoms with Crippen molar-refractivity contribution in [2.75, 3.05) is 6.61 Å². The number of para-hydroxylation sites is 1. The van der Waals surface area contributed by atoms with E-state index in [2.05, 4.69) is 40.2 Å². The minimum Gasteiger partial charge on any atom is -0.493 e. The molecule has 2 atom stereocenters. The van der Waals surface area contributed by atoms with Gasteiger partial charge in [0.15, 0.2) is 0 Å². The molecular weight excluding hydrogens is 310 g/mol. The molecule has 4 heteroatoms. The van der Waals surface area contributed by atoms with E-state index >= 15 is 0 Å². The molecule has 2 nitrogen and oxygen atoms in total. The Morgan fingerprint density at radius 1 is 1.33 bits per heavy atom. The third kappa shape index (κ3) is 2.32. The molecule has 0 amide bonds. The molecule has 2 N–H and O–H groups in total. The van der Waals surface area contributed by atoms with Gasteiger partial charge in [0, 0.05) is 22.4 Å². The number of nitrogens with two attached hydrogens (primary N) is 1. The first-order valence-electron chi connectivity index (χ1n) is 5.95. The standard InChI is InChI=1S/C14H14BrNOS/c15-14-6-5-9(18-14)7-12(16)11-8-17-13-4-2-1-3-10(11)13/h1-6,11-12H,7-8,16H2. The fraction of sp³-hybridized carbons (Fsp3) is 0.286. The van der Waals surface area contributed by atoms with Gasteiger partial charge in [0.2, 0.25) is 0 Å². The van der Waals surface area contributed by atoms with Crippen LogP contribution >= 0.6 is 27.3 Å². The zero-order valence-corrected chi connectivity index (χ0v) is 12.2. The van der Waals surface area contributed by atoms with Gasteiger partial charge in [-0.1, -0.05) is 18.2 Å². The number of halogens is 1. The normalized spacial score (nSPS) is 19.3. The SMILES string of the molecule is NC(Cc1ccc(Br)s1)C1COc2ccccc21. The Morgan fingerprint density at radius 3 is 2.94 bits per heavy atom. The quantitative estimate of drug-likeness (QED) is 0.937. The highest BCUT2D eigenvalue weighted by Crippen LogP contribution is 2.36. The Kier molecular flexibility index (Phi) is 3.41. The maximum Gasteiger partial charge on any atom is 0.122 e. The number of rotatable bonds is 3. The van der Waals surface area contributed by atoms with Crippen molar-refractivity contribution in [2.45, 2.75) is 18.4 Å². The van der Waals surface area contributed by atoms with Crippen LogP contribution in [0.2, 0.25) is 0 Å². The van der Waals surface area contributed by atoms with Crippen molar-refractivity contribution in [2.24, 2.45) is 5.73 Å². The maximum absolute atomic E-state index is 6.35. The molecule has 1 aromatic heterocycles. The summed E-state index contributed by atoms with van der Waals surface area (Å²) in [6.07, 6.45) is 0.901. The lowest BCUT2D eigenvalue weighted by molar-refractivity contribution is 0.313. The average Bonchev–Trinajstić information content (AvgIpc) is 2.95. The molecule has 18 heavy (non-hydrogen) atoms. The molecule has 1 aliphatic heterocycles. The molecular formula is C14H14BrNOS. The lowest BCUT2D eigenvalue weighted by atomic mass is 9.91. The van der Waals surface area contributed by atoms with Crippen LogP contribution in [0.5, 0.6) is 5.75 Å². The van der Waals surface area contributed by atoms with E-state index in [0.717, 1.165) is 16.0 Å². The number of benzene rings is 1. The van der Waals surface area contributed by atoms with E-state index in [9.17, 15) is 0 Å². The van der Waals surface area contributed by atoms with Gasteiger partial charge < -0.3 is 10.5 Å². The van der Waals surface area contributed by atoms with Crippen molar-refractivity contribution in [1.29, 1.82) is 0 Å². The molecule has 2 aromatic rings. The molecule has 0 fully saturated rings. The second kappa shape index (κ2) is 5.03. The van der Waals surface area contributed by atoms with Gasteiger partial charge in [-0.2, -0.15) is 0 Å². The summed E-state index contributed by atoms with van der Waals surface area (Å²) in [5, 5.41) is 0. The van der Waals surface area contributed by atoms with Crippen LogP contribution in [-0.4, -0.2) is 12.6 Å². The van der Waals surface area contributed by atoms with Gasteiger partial charge in [-0.15, -0.1) is 11.3 Å². The van der Waals surface area contributed by atoms with Crippen molar-refractivity contribution in [1.82, 2.24) is 0 Å². The molecule has 0 bridgehead atoms. The fourth-order valence-corrected chi connectivity index (χ4v) is 3.93. The first-order chi connectivity index (χ1) is 8.74. The summed E-state index contributed by atoms with van der Waals surface area (Å²) in [5.74, 6) is 1.30. The minimum atomic E-state index is 0.110. The second-order valence-electron chi connectivity index (χ2n) is 4.53. The summed E-state index contributed by atoms with van der Waals surface area (Å²) in [7, 11) is 0. The topological polar surface area (TPSA) is 35.2 Å². The van der Waals surface area contributed by atoms with Crippen molar-refractivity contribution >= 4 is 27.3 Å². The van der Waals surface area contributed by atoms with Crippen LogP contribution in [0.25, 0.3) is 0 Å². The molecule has 0 spiro atoms. The Bertz CT molecular complexity index is 554. The van der Waals surface area contributed by atoms with Crippen molar-refractivity contribution in [3.05, 3.63) is 50.6 Å². The zero-order chi connectivity index (χ0) is 12.5. The Morgan fingerprint density at radius 2 is 2.17 bits per heavy atom. The predicted octanol–water partition coefficient (Wildman–Crippen LogP) is 3.56. The van der Waals surface area contributed by atoms with Gasteiger partial charge in [0.1, 0.15) is 5.75 Å². The van der Waals surface area contributed by atoms with Crippen LogP contribution in [0.15, 0.2) is 40.2 Å². The molecule has 0 radical (unpaired) electrons. The van der Waals surface area contributed by atoms with Crippen LogP contribution in [0.3, 0.4) is 0 Å². The lowest BCUT2D eigenvalue weighted by Gasteiger charge is -2.17. The van der Waals surface area contributed by atoms with Crippen LogP contribution in [0, 0.1) is 0 Å². The number of ether oxygens (including phenoxy) is 1. The van der Waals surface area contributed by atoms with Gasteiger partial charge in [0.05, 0.1) is 10.4 Å².